The third-order valence-electron chi connectivity index (χ3n) is 3.47. The van der Waals surface area contributed by atoms with Crippen LogP contribution in [0.3, 0.4) is 0 Å². The second-order valence-electron chi connectivity index (χ2n) is 5.40. The Morgan fingerprint density at radius 1 is 1.16 bits per heavy atom. The highest BCUT2D eigenvalue weighted by Crippen LogP contribution is 2.16. The van der Waals surface area contributed by atoms with Crippen LogP contribution in [0.4, 0.5) is 10.1 Å². The van der Waals surface area contributed by atoms with Gasteiger partial charge in [-0.25, -0.2) is 4.39 Å². The molecular formula is C18H14ClFN2O2S. The van der Waals surface area contributed by atoms with Gasteiger partial charge in [0, 0.05) is 39.1 Å². The van der Waals surface area contributed by atoms with E-state index >= 15 is 0 Å². The molecule has 0 saturated heterocycles. The van der Waals surface area contributed by atoms with Gasteiger partial charge in [0.2, 0.25) is 5.91 Å². The van der Waals surface area contributed by atoms with Crippen LogP contribution in [0.1, 0.15) is 5.69 Å². The Hall–Kier alpha value is -2.31. The van der Waals surface area contributed by atoms with Gasteiger partial charge in [0.1, 0.15) is 5.82 Å². The number of hydrogen-bond donors (Lipinski definition) is 2. The Labute approximate surface area is 152 Å². The van der Waals surface area contributed by atoms with Gasteiger partial charge in [-0.3, -0.25) is 9.59 Å². The topological polar surface area (TPSA) is 62.0 Å². The number of benzene rings is 2. The molecule has 0 aliphatic heterocycles. The molecule has 4 nitrogen and oxygen atoms in total. The van der Waals surface area contributed by atoms with E-state index in [4.69, 9.17) is 11.6 Å². The van der Waals surface area contributed by atoms with Crippen molar-refractivity contribution < 1.29 is 9.18 Å². The van der Waals surface area contributed by atoms with E-state index < -0.39 is 5.82 Å². The second-order valence-corrected chi connectivity index (χ2v) is 6.82. The van der Waals surface area contributed by atoms with Crippen LogP contribution in [0.2, 0.25) is 5.02 Å². The highest BCUT2D eigenvalue weighted by atomic mass is 35.5. The number of hydrogen-bond acceptors (Lipinski definition) is 3. The van der Waals surface area contributed by atoms with Crippen LogP contribution < -0.4 is 10.7 Å². The summed E-state index contributed by atoms with van der Waals surface area (Å²) in [5, 5.41) is 3.69. The van der Waals surface area contributed by atoms with Crippen molar-refractivity contribution >= 4 is 45.9 Å². The average molecular weight is 377 g/mol. The predicted octanol–water partition coefficient (Wildman–Crippen LogP) is 4.19. The van der Waals surface area contributed by atoms with Crippen LogP contribution in [-0.2, 0) is 10.5 Å². The molecule has 7 heteroatoms. The van der Waals surface area contributed by atoms with Gasteiger partial charge >= 0.3 is 0 Å². The molecule has 0 fully saturated rings. The number of aromatic nitrogens is 1. The third-order valence-corrected chi connectivity index (χ3v) is 4.70. The molecule has 0 atom stereocenters. The zero-order chi connectivity index (χ0) is 17.8. The number of aromatic amines is 1. The van der Waals surface area contributed by atoms with E-state index in [1.165, 1.54) is 36.0 Å². The summed E-state index contributed by atoms with van der Waals surface area (Å²) in [4.78, 5) is 27.0. The van der Waals surface area contributed by atoms with Crippen molar-refractivity contribution in [3.05, 3.63) is 75.3 Å². The van der Waals surface area contributed by atoms with Crippen molar-refractivity contribution in [3.8, 4) is 0 Å². The number of fused-ring (bicyclic) bond motifs is 1. The van der Waals surface area contributed by atoms with Gasteiger partial charge in [0.05, 0.1) is 5.75 Å². The molecular weight excluding hydrogens is 363 g/mol. The lowest BCUT2D eigenvalue weighted by Crippen LogP contribution is -2.14. The van der Waals surface area contributed by atoms with E-state index in [0.717, 1.165) is 0 Å². The Balaban J connectivity index is 1.59. The smallest absolute Gasteiger partial charge is 0.234 e. The van der Waals surface area contributed by atoms with Gasteiger partial charge < -0.3 is 10.3 Å². The number of carbonyl (C=O) groups is 1. The monoisotopic (exact) mass is 376 g/mol. The number of thioether (sulfide) groups is 1. The Bertz CT molecular complexity index is 973. The number of H-pyrrole nitrogens is 1. The maximum Gasteiger partial charge on any atom is 0.234 e. The first kappa shape index (κ1) is 17.5. The SMILES string of the molecule is O=C(CSCc1cc(=O)c2cc(F)ccc2[nH]1)Nc1ccc(Cl)cc1. The molecule has 0 spiro atoms. The highest BCUT2D eigenvalue weighted by molar-refractivity contribution is 7.99. The van der Waals surface area contributed by atoms with E-state index in [-0.39, 0.29) is 17.1 Å². The predicted molar refractivity (Wildman–Crippen MR) is 101 cm³/mol. The van der Waals surface area contributed by atoms with E-state index in [0.29, 0.717) is 33.1 Å². The van der Waals surface area contributed by atoms with Crippen LogP contribution in [0.15, 0.2) is 53.3 Å². The molecule has 3 rings (SSSR count). The lowest BCUT2D eigenvalue weighted by molar-refractivity contribution is -0.113. The van der Waals surface area contributed by atoms with Crippen molar-refractivity contribution in [1.82, 2.24) is 4.98 Å². The van der Waals surface area contributed by atoms with Gasteiger partial charge in [-0.2, -0.15) is 0 Å². The summed E-state index contributed by atoms with van der Waals surface area (Å²) in [5.74, 6) is 0.124. The maximum atomic E-state index is 13.2. The van der Waals surface area contributed by atoms with Crippen molar-refractivity contribution in [3.63, 3.8) is 0 Å². The standard InChI is InChI=1S/C18H14ClFN2O2S/c19-11-1-4-13(5-2-11)22-18(24)10-25-9-14-8-17(23)15-7-12(20)3-6-16(15)21-14/h1-8H,9-10H2,(H,21,23)(H,22,24). The Morgan fingerprint density at radius 3 is 2.68 bits per heavy atom. The number of halogens is 2. The van der Waals surface area contributed by atoms with E-state index in [9.17, 15) is 14.0 Å². The zero-order valence-corrected chi connectivity index (χ0v) is 14.6. The summed E-state index contributed by atoms with van der Waals surface area (Å²) in [6, 6.07) is 12.3. The quantitative estimate of drug-likeness (QED) is 0.701. The molecule has 0 saturated carbocycles. The molecule has 3 aromatic rings. The summed E-state index contributed by atoms with van der Waals surface area (Å²) in [7, 11) is 0. The minimum Gasteiger partial charge on any atom is -0.357 e. The number of rotatable bonds is 5. The molecule has 1 aromatic heterocycles. The molecule has 0 aliphatic carbocycles. The molecule has 128 valence electrons. The summed E-state index contributed by atoms with van der Waals surface area (Å²) in [6.45, 7) is 0. The molecule has 2 N–H and O–H groups in total. The average Bonchev–Trinajstić information content (AvgIpc) is 2.58. The number of carbonyl (C=O) groups excluding carboxylic acids is 1. The van der Waals surface area contributed by atoms with Gasteiger partial charge in [-0.05, 0) is 42.5 Å². The zero-order valence-electron chi connectivity index (χ0n) is 13.0. The van der Waals surface area contributed by atoms with Crippen LogP contribution in [0.5, 0.6) is 0 Å². The van der Waals surface area contributed by atoms with Gasteiger partial charge in [-0.15, -0.1) is 11.8 Å². The summed E-state index contributed by atoms with van der Waals surface area (Å²) in [5.41, 5.74) is 1.70. The molecule has 0 aliphatic rings. The fourth-order valence-corrected chi connectivity index (χ4v) is 3.20. The lowest BCUT2D eigenvalue weighted by atomic mass is 10.2. The molecule has 2 aromatic carbocycles. The molecule has 25 heavy (non-hydrogen) atoms. The van der Waals surface area contributed by atoms with Gasteiger partial charge in [0.25, 0.3) is 0 Å². The van der Waals surface area contributed by atoms with E-state index in [1.54, 1.807) is 24.3 Å². The van der Waals surface area contributed by atoms with E-state index in [2.05, 4.69) is 10.3 Å². The second kappa shape index (κ2) is 7.72. The van der Waals surface area contributed by atoms with Crippen LogP contribution in [0.25, 0.3) is 10.9 Å². The minimum absolute atomic E-state index is 0.141. The largest absolute Gasteiger partial charge is 0.357 e. The van der Waals surface area contributed by atoms with Crippen molar-refractivity contribution in [2.45, 2.75) is 5.75 Å². The first-order valence-corrected chi connectivity index (χ1v) is 8.99. The Morgan fingerprint density at radius 2 is 1.92 bits per heavy atom. The van der Waals surface area contributed by atoms with Crippen molar-refractivity contribution in [2.75, 3.05) is 11.1 Å². The van der Waals surface area contributed by atoms with Crippen LogP contribution in [0, 0.1) is 5.82 Å². The van der Waals surface area contributed by atoms with Crippen LogP contribution in [-0.4, -0.2) is 16.6 Å². The lowest BCUT2D eigenvalue weighted by Gasteiger charge is -2.06. The number of amides is 1. The summed E-state index contributed by atoms with van der Waals surface area (Å²) < 4.78 is 13.2. The summed E-state index contributed by atoms with van der Waals surface area (Å²) >= 11 is 7.17. The maximum absolute atomic E-state index is 13.2. The van der Waals surface area contributed by atoms with Gasteiger partial charge in [0.15, 0.2) is 5.43 Å². The minimum atomic E-state index is -0.445. The number of pyridine rings is 1. The first-order valence-electron chi connectivity index (χ1n) is 7.46. The first-order chi connectivity index (χ1) is 12.0. The number of nitrogens with one attached hydrogen (secondary N) is 2. The van der Waals surface area contributed by atoms with Crippen LogP contribution >= 0.6 is 23.4 Å². The normalized spacial score (nSPS) is 10.8. The summed E-state index contributed by atoms with van der Waals surface area (Å²) in [6.07, 6.45) is 0. The third kappa shape index (κ3) is 4.61. The fourth-order valence-electron chi connectivity index (χ4n) is 2.34. The Kier molecular flexibility index (Phi) is 5.40. The fraction of sp³-hybridized carbons (Fsp3) is 0.111. The highest BCUT2D eigenvalue weighted by Gasteiger charge is 2.06. The van der Waals surface area contributed by atoms with Gasteiger partial charge in [-0.1, -0.05) is 11.6 Å². The molecule has 1 amide bonds. The van der Waals surface area contributed by atoms with Crippen molar-refractivity contribution in [2.24, 2.45) is 0 Å². The number of anilines is 1. The van der Waals surface area contributed by atoms with E-state index in [1.807, 2.05) is 0 Å². The molecule has 0 unspecified atom stereocenters. The molecule has 0 radical (unpaired) electrons. The molecule has 1 heterocycles. The molecule has 0 bridgehead atoms. The van der Waals surface area contributed by atoms with Crippen molar-refractivity contribution in [1.29, 1.82) is 0 Å².